The quantitative estimate of drug-likeness (QED) is 0.697. The Balaban J connectivity index is 1.69. The molecule has 0 aliphatic carbocycles. The van der Waals surface area contributed by atoms with E-state index in [1.807, 2.05) is 6.07 Å². The van der Waals surface area contributed by atoms with E-state index in [4.69, 9.17) is 4.42 Å². The summed E-state index contributed by atoms with van der Waals surface area (Å²) in [6.45, 7) is 6.67. The Labute approximate surface area is 152 Å². The topological polar surface area (TPSA) is 80.0 Å². The first-order valence-corrected chi connectivity index (χ1v) is 8.55. The minimum absolute atomic E-state index is 0.260. The molecule has 0 radical (unpaired) electrons. The lowest BCUT2D eigenvalue weighted by atomic mass is 9.98. The van der Waals surface area contributed by atoms with Crippen molar-refractivity contribution >= 4 is 17.4 Å². The SMILES string of the molecule is Cc1cccc(C(C)C)c1Nc1ccc(C(=O)NCc2ccco2)nn1. The van der Waals surface area contributed by atoms with Gasteiger partial charge in [-0.15, -0.1) is 10.2 Å². The van der Waals surface area contributed by atoms with Gasteiger partial charge < -0.3 is 15.1 Å². The Kier molecular flexibility index (Phi) is 5.31. The monoisotopic (exact) mass is 350 g/mol. The summed E-state index contributed by atoms with van der Waals surface area (Å²) >= 11 is 0. The maximum Gasteiger partial charge on any atom is 0.272 e. The van der Waals surface area contributed by atoms with E-state index in [-0.39, 0.29) is 11.6 Å². The molecule has 134 valence electrons. The first-order chi connectivity index (χ1) is 12.5. The van der Waals surface area contributed by atoms with E-state index < -0.39 is 0 Å². The van der Waals surface area contributed by atoms with Gasteiger partial charge in [0.15, 0.2) is 11.5 Å². The van der Waals surface area contributed by atoms with Gasteiger partial charge in [0, 0.05) is 5.69 Å². The van der Waals surface area contributed by atoms with Gasteiger partial charge in [0.25, 0.3) is 5.91 Å². The summed E-state index contributed by atoms with van der Waals surface area (Å²) in [5.74, 6) is 1.38. The number of rotatable bonds is 6. The number of benzene rings is 1. The molecule has 0 aliphatic rings. The minimum Gasteiger partial charge on any atom is -0.467 e. The van der Waals surface area contributed by atoms with Gasteiger partial charge in [-0.2, -0.15) is 0 Å². The average molecular weight is 350 g/mol. The second-order valence-corrected chi connectivity index (χ2v) is 6.38. The van der Waals surface area contributed by atoms with Gasteiger partial charge in [-0.1, -0.05) is 32.0 Å². The first-order valence-electron chi connectivity index (χ1n) is 8.55. The largest absolute Gasteiger partial charge is 0.467 e. The lowest BCUT2D eigenvalue weighted by Gasteiger charge is -2.16. The molecule has 0 unspecified atom stereocenters. The van der Waals surface area contributed by atoms with Gasteiger partial charge in [-0.3, -0.25) is 4.79 Å². The van der Waals surface area contributed by atoms with Crippen molar-refractivity contribution in [2.75, 3.05) is 5.32 Å². The van der Waals surface area contributed by atoms with Crippen LogP contribution in [0.15, 0.2) is 53.1 Å². The Morgan fingerprint density at radius 1 is 1.12 bits per heavy atom. The smallest absolute Gasteiger partial charge is 0.272 e. The van der Waals surface area contributed by atoms with Crippen molar-refractivity contribution in [1.82, 2.24) is 15.5 Å². The van der Waals surface area contributed by atoms with Crippen molar-refractivity contribution in [2.45, 2.75) is 33.2 Å². The summed E-state index contributed by atoms with van der Waals surface area (Å²) in [4.78, 5) is 12.1. The van der Waals surface area contributed by atoms with Crippen molar-refractivity contribution in [1.29, 1.82) is 0 Å². The predicted octanol–water partition coefficient (Wildman–Crippen LogP) is 4.18. The Bertz CT molecular complexity index is 871. The molecular formula is C20H22N4O2. The highest BCUT2D eigenvalue weighted by atomic mass is 16.3. The van der Waals surface area contributed by atoms with Crippen LogP contribution in [0.4, 0.5) is 11.5 Å². The van der Waals surface area contributed by atoms with Crippen LogP contribution in [0.5, 0.6) is 0 Å². The van der Waals surface area contributed by atoms with Gasteiger partial charge in [-0.25, -0.2) is 0 Å². The van der Waals surface area contributed by atoms with Crippen LogP contribution in [0, 0.1) is 6.92 Å². The lowest BCUT2D eigenvalue weighted by molar-refractivity contribution is 0.0942. The summed E-state index contributed by atoms with van der Waals surface area (Å²) in [6.07, 6.45) is 1.57. The van der Waals surface area contributed by atoms with Crippen molar-refractivity contribution in [2.24, 2.45) is 0 Å². The van der Waals surface area contributed by atoms with Crippen LogP contribution < -0.4 is 10.6 Å². The number of nitrogens with one attached hydrogen (secondary N) is 2. The number of amides is 1. The molecule has 26 heavy (non-hydrogen) atoms. The molecule has 2 heterocycles. The Morgan fingerprint density at radius 3 is 2.62 bits per heavy atom. The number of anilines is 2. The Morgan fingerprint density at radius 2 is 1.96 bits per heavy atom. The number of hydrogen-bond donors (Lipinski definition) is 2. The summed E-state index contributed by atoms with van der Waals surface area (Å²) in [5.41, 5.74) is 3.65. The summed E-state index contributed by atoms with van der Waals surface area (Å²) in [5, 5.41) is 14.2. The highest BCUT2D eigenvalue weighted by molar-refractivity contribution is 5.92. The van der Waals surface area contributed by atoms with Crippen LogP contribution in [0.3, 0.4) is 0 Å². The van der Waals surface area contributed by atoms with Crippen molar-refractivity contribution < 1.29 is 9.21 Å². The van der Waals surface area contributed by atoms with Crippen LogP contribution in [0.25, 0.3) is 0 Å². The molecule has 3 aromatic rings. The highest BCUT2D eigenvalue weighted by Crippen LogP contribution is 2.29. The summed E-state index contributed by atoms with van der Waals surface area (Å²) in [7, 11) is 0. The number of para-hydroxylation sites is 1. The number of aryl methyl sites for hydroxylation is 1. The number of carbonyl (C=O) groups excluding carboxylic acids is 1. The highest BCUT2D eigenvalue weighted by Gasteiger charge is 2.12. The molecule has 6 heteroatoms. The summed E-state index contributed by atoms with van der Waals surface area (Å²) in [6, 6.07) is 13.2. The van der Waals surface area contributed by atoms with E-state index >= 15 is 0 Å². The molecule has 0 bridgehead atoms. The average Bonchev–Trinajstić information content (AvgIpc) is 3.15. The molecule has 2 aromatic heterocycles. The third kappa shape index (κ3) is 4.08. The van der Waals surface area contributed by atoms with E-state index in [0.29, 0.717) is 24.0 Å². The molecule has 2 N–H and O–H groups in total. The van der Waals surface area contributed by atoms with Crippen LogP contribution in [-0.2, 0) is 6.54 Å². The lowest BCUT2D eigenvalue weighted by Crippen LogP contribution is -2.24. The second kappa shape index (κ2) is 7.82. The fourth-order valence-corrected chi connectivity index (χ4v) is 2.66. The van der Waals surface area contributed by atoms with Gasteiger partial charge in [0.05, 0.1) is 12.8 Å². The molecule has 0 spiro atoms. The third-order valence-corrected chi connectivity index (χ3v) is 4.08. The Hall–Kier alpha value is -3.15. The van der Waals surface area contributed by atoms with E-state index in [2.05, 4.69) is 53.7 Å². The van der Waals surface area contributed by atoms with Crippen molar-refractivity contribution in [3.8, 4) is 0 Å². The van der Waals surface area contributed by atoms with Crippen LogP contribution in [-0.4, -0.2) is 16.1 Å². The standard InChI is InChI=1S/C20H22N4O2/c1-13(2)16-8-4-6-14(3)19(16)22-18-10-9-17(23-24-18)20(25)21-12-15-7-5-11-26-15/h4-11,13H,12H2,1-3H3,(H,21,25)(H,22,24). The fraction of sp³-hybridized carbons (Fsp3) is 0.250. The minimum atomic E-state index is -0.292. The molecular weight excluding hydrogens is 328 g/mol. The molecule has 3 rings (SSSR count). The van der Waals surface area contributed by atoms with Gasteiger partial charge in [-0.05, 0) is 48.2 Å². The molecule has 0 saturated carbocycles. The fourth-order valence-electron chi connectivity index (χ4n) is 2.66. The van der Waals surface area contributed by atoms with Crippen LogP contribution >= 0.6 is 0 Å². The van der Waals surface area contributed by atoms with Gasteiger partial charge in [0.2, 0.25) is 0 Å². The number of furan rings is 1. The van der Waals surface area contributed by atoms with Crippen LogP contribution in [0.2, 0.25) is 0 Å². The number of nitrogens with zero attached hydrogens (tertiary/aromatic N) is 2. The van der Waals surface area contributed by atoms with Gasteiger partial charge in [0.1, 0.15) is 5.76 Å². The molecule has 6 nitrogen and oxygen atoms in total. The predicted molar refractivity (Wildman–Crippen MR) is 100 cm³/mol. The third-order valence-electron chi connectivity index (χ3n) is 4.08. The molecule has 0 atom stereocenters. The van der Waals surface area contributed by atoms with E-state index in [9.17, 15) is 4.79 Å². The van der Waals surface area contributed by atoms with E-state index in [1.165, 1.54) is 5.56 Å². The van der Waals surface area contributed by atoms with Crippen LogP contribution in [0.1, 0.15) is 47.1 Å². The maximum absolute atomic E-state index is 12.1. The van der Waals surface area contributed by atoms with E-state index in [0.717, 1.165) is 11.3 Å². The molecule has 0 saturated heterocycles. The normalized spacial score (nSPS) is 10.8. The first kappa shape index (κ1) is 17.7. The van der Waals surface area contributed by atoms with Crippen molar-refractivity contribution in [3.05, 3.63) is 71.3 Å². The zero-order valence-electron chi connectivity index (χ0n) is 15.1. The number of carbonyl (C=O) groups is 1. The molecule has 1 amide bonds. The maximum atomic E-state index is 12.1. The van der Waals surface area contributed by atoms with Gasteiger partial charge >= 0.3 is 0 Å². The zero-order valence-corrected chi connectivity index (χ0v) is 15.1. The molecule has 0 aliphatic heterocycles. The van der Waals surface area contributed by atoms with E-state index in [1.54, 1.807) is 30.5 Å². The van der Waals surface area contributed by atoms with Crippen molar-refractivity contribution in [3.63, 3.8) is 0 Å². The summed E-state index contributed by atoms with van der Waals surface area (Å²) < 4.78 is 5.19. The zero-order chi connectivity index (χ0) is 18.5. The number of hydrogen-bond acceptors (Lipinski definition) is 5. The number of aromatic nitrogens is 2. The molecule has 0 fully saturated rings. The molecule has 1 aromatic carbocycles. The second-order valence-electron chi connectivity index (χ2n) is 6.38.